The Hall–Kier alpha value is -1.78. The van der Waals surface area contributed by atoms with Crippen LogP contribution in [0.2, 0.25) is 0 Å². The molecule has 1 rings (SSSR count). The highest BCUT2D eigenvalue weighted by Crippen LogP contribution is 2.21. The SMILES string of the molecule is CC/C=C/NC=C1C(=O)OC(C)(C)OC1=O. The van der Waals surface area contributed by atoms with Crippen molar-refractivity contribution in [2.45, 2.75) is 33.0 Å². The molecule has 0 aromatic rings. The maximum absolute atomic E-state index is 11.4. The lowest BCUT2D eigenvalue weighted by Gasteiger charge is -2.29. The number of hydrogen-bond acceptors (Lipinski definition) is 5. The monoisotopic (exact) mass is 225 g/mol. The number of allylic oxidation sites excluding steroid dienone is 1. The predicted octanol–water partition coefficient (Wildman–Crippen LogP) is 1.22. The second-order valence-corrected chi connectivity index (χ2v) is 3.71. The van der Waals surface area contributed by atoms with Crippen LogP contribution in [0.15, 0.2) is 24.0 Å². The molecule has 0 spiro atoms. The van der Waals surface area contributed by atoms with Crippen LogP contribution in [0.3, 0.4) is 0 Å². The van der Waals surface area contributed by atoms with Gasteiger partial charge in [-0.05, 0) is 12.6 Å². The van der Waals surface area contributed by atoms with Crippen molar-refractivity contribution in [2.75, 3.05) is 0 Å². The van der Waals surface area contributed by atoms with Gasteiger partial charge in [0.1, 0.15) is 0 Å². The standard InChI is InChI=1S/C11H15NO4/c1-4-5-6-12-7-8-9(13)15-11(2,3)16-10(8)14/h5-7,12H,4H2,1-3H3/b6-5+. The summed E-state index contributed by atoms with van der Waals surface area (Å²) in [6, 6.07) is 0. The fraction of sp³-hybridized carbons (Fsp3) is 0.455. The molecule has 1 heterocycles. The van der Waals surface area contributed by atoms with Crippen molar-refractivity contribution < 1.29 is 19.1 Å². The summed E-state index contributed by atoms with van der Waals surface area (Å²) in [6.07, 6.45) is 5.61. The van der Waals surface area contributed by atoms with E-state index in [1.54, 1.807) is 6.20 Å². The minimum Gasteiger partial charge on any atom is -0.419 e. The molecule has 0 radical (unpaired) electrons. The van der Waals surface area contributed by atoms with Crippen molar-refractivity contribution in [1.82, 2.24) is 5.32 Å². The average molecular weight is 225 g/mol. The zero-order chi connectivity index (χ0) is 12.2. The summed E-state index contributed by atoms with van der Waals surface area (Å²) in [5.74, 6) is -2.55. The summed E-state index contributed by atoms with van der Waals surface area (Å²) in [6.45, 7) is 4.98. The fourth-order valence-corrected chi connectivity index (χ4v) is 1.10. The third kappa shape index (κ3) is 3.12. The molecule has 0 aliphatic carbocycles. The van der Waals surface area contributed by atoms with Crippen LogP contribution in [0.5, 0.6) is 0 Å². The van der Waals surface area contributed by atoms with E-state index in [0.29, 0.717) is 0 Å². The quantitative estimate of drug-likeness (QED) is 0.444. The lowest BCUT2D eigenvalue weighted by Crippen LogP contribution is -2.42. The minimum absolute atomic E-state index is 0.139. The first-order valence-electron chi connectivity index (χ1n) is 5.04. The average Bonchev–Trinajstić information content (AvgIpc) is 2.13. The number of ether oxygens (including phenoxy) is 2. The number of esters is 2. The van der Waals surface area contributed by atoms with Gasteiger partial charge >= 0.3 is 11.9 Å². The molecule has 0 bridgehead atoms. The lowest BCUT2D eigenvalue weighted by atomic mass is 10.2. The van der Waals surface area contributed by atoms with E-state index in [-0.39, 0.29) is 5.57 Å². The van der Waals surface area contributed by atoms with Crippen LogP contribution < -0.4 is 5.32 Å². The fourth-order valence-electron chi connectivity index (χ4n) is 1.10. The molecule has 0 aromatic heterocycles. The van der Waals surface area contributed by atoms with E-state index in [9.17, 15) is 9.59 Å². The summed E-state index contributed by atoms with van der Waals surface area (Å²) in [4.78, 5) is 22.9. The van der Waals surface area contributed by atoms with Gasteiger partial charge in [-0.2, -0.15) is 0 Å². The Balaban J connectivity index is 2.71. The van der Waals surface area contributed by atoms with Gasteiger partial charge in [-0.25, -0.2) is 9.59 Å². The van der Waals surface area contributed by atoms with Crippen LogP contribution in [0.25, 0.3) is 0 Å². The second kappa shape index (κ2) is 4.83. The summed E-state index contributed by atoms with van der Waals surface area (Å²) in [5.41, 5.74) is -0.139. The molecule has 0 saturated carbocycles. The van der Waals surface area contributed by atoms with E-state index in [0.717, 1.165) is 6.42 Å². The molecule has 1 aliphatic heterocycles. The van der Waals surface area contributed by atoms with E-state index in [2.05, 4.69) is 5.32 Å². The molecule has 1 N–H and O–H groups in total. The first kappa shape index (κ1) is 12.3. The van der Waals surface area contributed by atoms with Crippen LogP contribution in [0, 0.1) is 0 Å². The van der Waals surface area contributed by atoms with Gasteiger partial charge in [-0.3, -0.25) is 0 Å². The third-order valence-corrected chi connectivity index (χ3v) is 1.79. The molecule has 0 atom stereocenters. The number of cyclic esters (lactones) is 2. The van der Waals surface area contributed by atoms with Gasteiger partial charge in [0.25, 0.3) is 5.79 Å². The zero-order valence-corrected chi connectivity index (χ0v) is 9.57. The smallest absolute Gasteiger partial charge is 0.350 e. The maximum atomic E-state index is 11.4. The van der Waals surface area contributed by atoms with Crippen molar-refractivity contribution in [1.29, 1.82) is 0 Å². The van der Waals surface area contributed by atoms with Crippen molar-refractivity contribution in [3.8, 4) is 0 Å². The number of carbonyl (C=O) groups is 2. The summed E-state index contributed by atoms with van der Waals surface area (Å²) in [7, 11) is 0. The van der Waals surface area contributed by atoms with Crippen molar-refractivity contribution >= 4 is 11.9 Å². The van der Waals surface area contributed by atoms with Crippen molar-refractivity contribution in [2.24, 2.45) is 0 Å². The Bertz CT molecular complexity index is 333. The Morgan fingerprint density at radius 1 is 1.25 bits per heavy atom. The molecular weight excluding hydrogens is 210 g/mol. The lowest BCUT2D eigenvalue weighted by molar-refractivity contribution is -0.222. The number of nitrogens with one attached hydrogen (secondary N) is 1. The molecule has 5 nitrogen and oxygen atoms in total. The van der Waals surface area contributed by atoms with Crippen LogP contribution >= 0.6 is 0 Å². The summed E-state index contributed by atoms with van der Waals surface area (Å²) >= 11 is 0. The van der Waals surface area contributed by atoms with Gasteiger partial charge in [-0.15, -0.1) is 0 Å². The largest absolute Gasteiger partial charge is 0.419 e. The van der Waals surface area contributed by atoms with Gasteiger partial charge in [0, 0.05) is 20.0 Å². The van der Waals surface area contributed by atoms with Gasteiger partial charge < -0.3 is 14.8 Å². The maximum Gasteiger partial charge on any atom is 0.350 e. The van der Waals surface area contributed by atoms with Crippen LogP contribution in [0.4, 0.5) is 0 Å². The topological polar surface area (TPSA) is 64.6 Å². The van der Waals surface area contributed by atoms with E-state index >= 15 is 0 Å². The number of carbonyl (C=O) groups excluding carboxylic acids is 2. The summed E-state index contributed by atoms with van der Waals surface area (Å²) < 4.78 is 9.80. The van der Waals surface area contributed by atoms with E-state index in [4.69, 9.17) is 9.47 Å². The van der Waals surface area contributed by atoms with Crippen molar-refractivity contribution in [3.63, 3.8) is 0 Å². The molecule has 5 heteroatoms. The van der Waals surface area contributed by atoms with Crippen LogP contribution in [0.1, 0.15) is 27.2 Å². The van der Waals surface area contributed by atoms with E-state index in [1.807, 2.05) is 13.0 Å². The van der Waals surface area contributed by atoms with E-state index < -0.39 is 17.7 Å². The highest BCUT2D eigenvalue weighted by atomic mass is 16.7. The Kier molecular flexibility index (Phi) is 3.71. The predicted molar refractivity (Wildman–Crippen MR) is 56.9 cm³/mol. The molecule has 1 aliphatic rings. The first-order valence-corrected chi connectivity index (χ1v) is 5.04. The third-order valence-electron chi connectivity index (χ3n) is 1.79. The van der Waals surface area contributed by atoms with Gasteiger partial charge in [-0.1, -0.05) is 13.0 Å². The van der Waals surface area contributed by atoms with Crippen LogP contribution in [-0.2, 0) is 19.1 Å². The molecule has 0 aromatic carbocycles. The molecule has 1 fully saturated rings. The van der Waals surface area contributed by atoms with Crippen molar-refractivity contribution in [3.05, 3.63) is 24.0 Å². The Labute approximate surface area is 94.1 Å². The number of hydrogen-bond donors (Lipinski definition) is 1. The molecule has 1 saturated heterocycles. The normalized spacial score (nSPS) is 19.3. The number of rotatable bonds is 3. The zero-order valence-electron chi connectivity index (χ0n) is 9.57. The molecule has 16 heavy (non-hydrogen) atoms. The first-order chi connectivity index (χ1) is 7.46. The Morgan fingerprint density at radius 2 is 1.81 bits per heavy atom. The molecular formula is C11H15NO4. The van der Waals surface area contributed by atoms with Gasteiger partial charge in [0.05, 0.1) is 0 Å². The highest BCUT2D eigenvalue weighted by Gasteiger charge is 2.38. The van der Waals surface area contributed by atoms with Gasteiger partial charge in [0.2, 0.25) is 0 Å². The summed E-state index contributed by atoms with van der Waals surface area (Å²) in [5, 5.41) is 2.70. The minimum atomic E-state index is -1.19. The van der Waals surface area contributed by atoms with Crippen LogP contribution in [-0.4, -0.2) is 17.7 Å². The molecule has 0 amide bonds. The Morgan fingerprint density at radius 3 is 2.31 bits per heavy atom. The van der Waals surface area contributed by atoms with Gasteiger partial charge in [0.15, 0.2) is 5.57 Å². The highest BCUT2D eigenvalue weighted by molar-refractivity contribution is 6.15. The van der Waals surface area contributed by atoms with E-state index in [1.165, 1.54) is 20.0 Å². The second-order valence-electron chi connectivity index (χ2n) is 3.71. The molecule has 88 valence electrons. The molecule has 0 unspecified atom stereocenters.